The Morgan fingerprint density at radius 1 is 1.20 bits per heavy atom. The van der Waals surface area contributed by atoms with Gasteiger partial charge in [0.15, 0.2) is 0 Å². The second-order valence-electron chi connectivity index (χ2n) is 6.97. The molecule has 1 amide bonds. The predicted molar refractivity (Wildman–Crippen MR) is 84.5 cm³/mol. The molecule has 120 valence electrons. The maximum absolute atomic E-state index is 12.0. The summed E-state index contributed by atoms with van der Waals surface area (Å²) in [6.45, 7) is 13.6. The maximum Gasteiger partial charge on any atom is 0.222 e. The molecule has 4 heteroatoms. The summed E-state index contributed by atoms with van der Waals surface area (Å²) in [5.74, 6) is 1.15. The van der Waals surface area contributed by atoms with Gasteiger partial charge >= 0.3 is 0 Å². The number of carbonyl (C=O) groups is 1. The van der Waals surface area contributed by atoms with Crippen LogP contribution in [0.5, 0.6) is 0 Å². The van der Waals surface area contributed by atoms with E-state index < -0.39 is 0 Å². The van der Waals surface area contributed by atoms with E-state index in [2.05, 4.69) is 39.9 Å². The first-order valence-electron chi connectivity index (χ1n) is 7.81. The van der Waals surface area contributed by atoms with Crippen LogP contribution in [-0.4, -0.2) is 30.7 Å². The zero-order valence-corrected chi connectivity index (χ0v) is 14.2. The van der Waals surface area contributed by atoms with E-state index in [9.17, 15) is 4.79 Å². The summed E-state index contributed by atoms with van der Waals surface area (Å²) < 4.78 is 5.66. The summed E-state index contributed by atoms with van der Waals surface area (Å²) in [5, 5.41) is 3.04. The number of carbonyl (C=O) groups excluding carboxylic acids is 1. The summed E-state index contributed by atoms with van der Waals surface area (Å²) in [5.41, 5.74) is 5.48. The van der Waals surface area contributed by atoms with Gasteiger partial charge in [0.1, 0.15) is 0 Å². The fourth-order valence-electron chi connectivity index (χ4n) is 2.57. The molecule has 4 nitrogen and oxygen atoms in total. The average molecular weight is 286 g/mol. The van der Waals surface area contributed by atoms with Gasteiger partial charge in [-0.25, -0.2) is 0 Å². The molecule has 3 N–H and O–H groups in total. The molecule has 0 bridgehead atoms. The van der Waals surface area contributed by atoms with Gasteiger partial charge in [-0.1, -0.05) is 27.7 Å². The Labute approximate surface area is 124 Å². The highest BCUT2D eigenvalue weighted by Crippen LogP contribution is 2.15. The van der Waals surface area contributed by atoms with Crippen molar-refractivity contribution in [3.8, 4) is 0 Å². The van der Waals surface area contributed by atoms with Crippen molar-refractivity contribution in [2.24, 2.45) is 17.6 Å². The van der Waals surface area contributed by atoms with Crippen molar-refractivity contribution in [1.29, 1.82) is 0 Å². The lowest BCUT2D eigenvalue weighted by molar-refractivity contribution is -0.124. The minimum Gasteiger partial charge on any atom is -0.378 e. The second kappa shape index (κ2) is 9.35. The third-order valence-corrected chi connectivity index (χ3v) is 3.29. The third-order valence-electron chi connectivity index (χ3n) is 3.29. The fourth-order valence-corrected chi connectivity index (χ4v) is 2.57. The molecule has 0 aliphatic carbocycles. The minimum atomic E-state index is -0.311. The van der Waals surface area contributed by atoms with Gasteiger partial charge in [0, 0.05) is 18.5 Å². The lowest BCUT2D eigenvalue weighted by Crippen LogP contribution is -2.52. The number of nitrogens with one attached hydrogen (secondary N) is 1. The van der Waals surface area contributed by atoms with Crippen molar-refractivity contribution in [2.75, 3.05) is 13.2 Å². The van der Waals surface area contributed by atoms with Crippen LogP contribution < -0.4 is 11.1 Å². The molecule has 0 aliphatic heterocycles. The zero-order chi connectivity index (χ0) is 15.8. The molecule has 0 aliphatic rings. The van der Waals surface area contributed by atoms with Gasteiger partial charge in [-0.05, 0) is 38.5 Å². The lowest BCUT2D eigenvalue weighted by Gasteiger charge is -2.31. The SMILES string of the molecule is CC(C)CC(C)OCCC(=O)NC(C)(CN)CC(C)C. The molecule has 0 rings (SSSR count). The summed E-state index contributed by atoms with van der Waals surface area (Å²) in [6.07, 6.45) is 2.52. The second-order valence-corrected chi connectivity index (χ2v) is 6.97. The van der Waals surface area contributed by atoms with Crippen molar-refractivity contribution in [3.63, 3.8) is 0 Å². The van der Waals surface area contributed by atoms with Crippen LogP contribution in [0, 0.1) is 11.8 Å². The lowest BCUT2D eigenvalue weighted by atomic mass is 9.90. The Morgan fingerprint density at radius 2 is 1.80 bits per heavy atom. The average Bonchev–Trinajstić information content (AvgIpc) is 2.26. The first-order valence-corrected chi connectivity index (χ1v) is 7.81. The first-order chi connectivity index (χ1) is 9.18. The monoisotopic (exact) mass is 286 g/mol. The van der Waals surface area contributed by atoms with Crippen LogP contribution in [0.1, 0.15) is 60.8 Å². The van der Waals surface area contributed by atoms with E-state index in [1.54, 1.807) is 0 Å². The molecule has 0 radical (unpaired) electrons. The van der Waals surface area contributed by atoms with Crippen molar-refractivity contribution in [2.45, 2.75) is 72.4 Å². The Bertz CT molecular complexity index is 280. The summed E-state index contributed by atoms with van der Waals surface area (Å²) >= 11 is 0. The zero-order valence-electron chi connectivity index (χ0n) is 14.2. The molecule has 20 heavy (non-hydrogen) atoms. The van der Waals surface area contributed by atoms with Gasteiger partial charge in [0.25, 0.3) is 0 Å². The predicted octanol–water partition coefficient (Wildman–Crippen LogP) is 2.71. The van der Waals surface area contributed by atoms with Crippen LogP contribution in [0.15, 0.2) is 0 Å². The molecule has 0 heterocycles. The Morgan fingerprint density at radius 3 is 2.25 bits per heavy atom. The first kappa shape index (κ1) is 19.4. The topological polar surface area (TPSA) is 64.3 Å². The van der Waals surface area contributed by atoms with Gasteiger partial charge in [0.05, 0.1) is 12.7 Å². The molecule has 0 aromatic rings. The van der Waals surface area contributed by atoms with Crippen LogP contribution in [0.2, 0.25) is 0 Å². The highest BCUT2D eigenvalue weighted by molar-refractivity contribution is 5.76. The van der Waals surface area contributed by atoms with Crippen LogP contribution in [0.25, 0.3) is 0 Å². The molecule has 0 aromatic carbocycles. The van der Waals surface area contributed by atoms with Crippen molar-refractivity contribution in [1.82, 2.24) is 5.32 Å². The number of amides is 1. The molecule has 0 aromatic heterocycles. The van der Waals surface area contributed by atoms with E-state index in [1.165, 1.54) is 0 Å². The van der Waals surface area contributed by atoms with E-state index in [0.717, 1.165) is 12.8 Å². The van der Waals surface area contributed by atoms with Crippen molar-refractivity contribution in [3.05, 3.63) is 0 Å². The quantitative estimate of drug-likeness (QED) is 0.649. The van der Waals surface area contributed by atoms with Crippen LogP contribution in [-0.2, 0) is 9.53 Å². The number of nitrogens with two attached hydrogens (primary N) is 1. The molecule has 0 saturated heterocycles. The summed E-state index contributed by atoms with van der Waals surface area (Å²) in [7, 11) is 0. The largest absolute Gasteiger partial charge is 0.378 e. The van der Waals surface area contributed by atoms with E-state index in [-0.39, 0.29) is 17.6 Å². The van der Waals surface area contributed by atoms with Gasteiger partial charge in [-0.2, -0.15) is 0 Å². The highest BCUT2D eigenvalue weighted by Gasteiger charge is 2.25. The van der Waals surface area contributed by atoms with Gasteiger partial charge in [-0.3, -0.25) is 4.79 Å². The van der Waals surface area contributed by atoms with Crippen LogP contribution >= 0.6 is 0 Å². The molecule has 2 unspecified atom stereocenters. The number of hydrogen-bond acceptors (Lipinski definition) is 3. The Kier molecular flexibility index (Phi) is 9.06. The molecule has 0 saturated carbocycles. The fraction of sp³-hybridized carbons (Fsp3) is 0.938. The molecule has 2 atom stereocenters. The summed E-state index contributed by atoms with van der Waals surface area (Å²) in [4.78, 5) is 12.0. The molecule has 0 fully saturated rings. The van der Waals surface area contributed by atoms with Gasteiger partial charge < -0.3 is 15.8 Å². The molecule has 0 spiro atoms. The third kappa shape index (κ3) is 9.32. The maximum atomic E-state index is 12.0. The highest BCUT2D eigenvalue weighted by atomic mass is 16.5. The summed E-state index contributed by atoms with van der Waals surface area (Å²) in [6, 6.07) is 0. The number of rotatable bonds is 10. The van der Waals surface area contributed by atoms with Crippen LogP contribution in [0.4, 0.5) is 0 Å². The van der Waals surface area contributed by atoms with E-state index >= 15 is 0 Å². The number of hydrogen-bond donors (Lipinski definition) is 2. The van der Waals surface area contributed by atoms with Crippen molar-refractivity contribution < 1.29 is 9.53 Å². The van der Waals surface area contributed by atoms with E-state index in [1.807, 2.05) is 6.92 Å². The van der Waals surface area contributed by atoms with Crippen molar-refractivity contribution >= 4 is 5.91 Å². The van der Waals surface area contributed by atoms with Gasteiger partial charge in [0.2, 0.25) is 5.91 Å². The standard InChI is InChI=1S/C16H34N2O2/c1-12(2)9-14(5)20-8-7-15(19)18-16(6,11-17)10-13(3)4/h12-14H,7-11,17H2,1-6H3,(H,18,19). The van der Waals surface area contributed by atoms with Crippen LogP contribution in [0.3, 0.4) is 0 Å². The van der Waals surface area contributed by atoms with E-state index in [0.29, 0.717) is 31.4 Å². The smallest absolute Gasteiger partial charge is 0.222 e. The van der Waals surface area contributed by atoms with E-state index in [4.69, 9.17) is 10.5 Å². The molecular weight excluding hydrogens is 252 g/mol. The Balaban J connectivity index is 4.03. The normalized spacial score (nSPS) is 16.2. The Hall–Kier alpha value is -0.610. The number of ether oxygens (including phenoxy) is 1. The molecular formula is C16H34N2O2. The van der Waals surface area contributed by atoms with Gasteiger partial charge in [-0.15, -0.1) is 0 Å². The minimum absolute atomic E-state index is 0.0235.